The Morgan fingerprint density at radius 1 is 1.11 bits per heavy atom. The monoisotopic (exact) mass is 259 g/mol. The van der Waals surface area contributed by atoms with Crippen molar-refractivity contribution in [3.8, 4) is 0 Å². The Kier molecular flexibility index (Phi) is 4.26. The van der Waals surface area contributed by atoms with E-state index in [1.54, 1.807) is 12.1 Å². The van der Waals surface area contributed by atoms with E-state index in [2.05, 4.69) is 5.32 Å². The highest BCUT2D eigenvalue weighted by Crippen LogP contribution is 2.18. The lowest BCUT2D eigenvalue weighted by Gasteiger charge is -2.14. The molecule has 0 aromatic heterocycles. The van der Waals surface area contributed by atoms with E-state index in [-0.39, 0.29) is 18.3 Å². The van der Waals surface area contributed by atoms with E-state index in [0.29, 0.717) is 11.3 Å². The van der Waals surface area contributed by atoms with Gasteiger partial charge >= 0.3 is 0 Å². The van der Waals surface area contributed by atoms with Crippen molar-refractivity contribution in [2.24, 2.45) is 0 Å². The Balaban J connectivity index is 2.13. The Bertz CT molecular complexity index is 540. The van der Waals surface area contributed by atoms with Gasteiger partial charge in [-0.05, 0) is 29.8 Å². The van der Waals surface area contributed by atoms with Gasteiger partial charge in [0, 0.05) is 5.69 Å². The fraction of sp³-hybridized carbons (Fsp3) is 0.133. The lowest BCUT2D eigenvalue weighted by Crippen LogP contribution is -2.23. The van der Waals surface area contributed by atoms with Crippen LogP contribution >= 0.6 is 0 Å². The second-order valence-corrected chi connectivity index (χ2v) is 4.14. The van der Waals surface area contributed by atoms with E-state index in [1.807, 2.05) is 18.2 Å². The SMILES string of the molecule is O=C(Nc1ccccc1)C(CO)c1ccc(F)cc1. The molecule has 0 aliphatic carbocycles. The number of carbonyl (C=O) groups excluding carboxylic acids is 1. The highest BCUT2D eigenvalue weighted by molar-refractivity contribution is 5.95. The largest absolute Gasteiger partial charge is 0.395 e. The Hall–Kier alpha value is -2.20. The molecule has 0 spiro atoms. The number of aliphatic hydroxyl groups excluding tert-OH is 1. The molecule has 3 nitrogen and oxygen atoms in total. The molecule has 0 saturated carbocycles. The molecule has 98 valence electrons. The van der Waals surface area contributed by atoms with Gasteiger partial charge in [-0.1, -0.05) is 30.3 Å². The van der Waals surface area contributed by atoms with Gasteiger partial charge in [0.25, 0.3) is 0 Å². The van der Waals surface area contributed by atoms with Crippen molar-refractivity contribution in [2.75, 3.05) is 11.9 Å². The van der Waals surface area contributed by atoms with Crippen molar-refractivity contribution in [2.45, 2.75) is 5.92 Å². The van der Waals surface area contributed by atoms with Crippen LogP contribution in [0.25, 0.3) is 0 Å². The van der Waals surface area contributed by atoms with E-state index < -0.39 is 5.92 Å². The molecular weight excluding hydrogens is 245 g/mol. The molecule has 1 atom stereocenters. The molecule has 2 N–H and O–H groups in total. The van der Waals surface area contributed by atoms with Crippen molar-refractivity contribution in [1.29, 1.82) is 0 Å². The summed E-state index contributed by atoms with van der Waals surface area (Å²) < 4.78 is 12.8. The molecule has 0 radical (unpaired) electrons. The first-order valence-corrected chi connectivity index (χ1v) is 5.93. The molecule has 2 aromatic carbocycles. The molecule has 2 rings (SSSR count). The van der Waals surface area contributed by atoms with Gasteiger partial charge in [-0.25, -0.2) is 4.39 Å². The van der Waals surface area contributed by atoms with Gasteiger partial charge in [0.1, 0.15) is 5.82 Å². The number of halogens is 1. The minimum atomic E-state index is -0.708. The van der Waals surface area contributed by atoms with Crippen molar-refractivity contribution in [1.82, 2.24) is 0 Å². The normalized spacial score (nSPS) is 11.9. The second-order valence-electron chi connectivity index (χ2n) is 4.14. The van der Waals surface area contributed by atoms with Crippen LogP contribution in [0.2, 0.25) is 0 Å². The number of aliphatic hydroxyl groups is 1. The summed E-state index contributed by atoms with van der Waals surface area (Å²) >= 11 is 0. The van der Waals surface area contributed by atoms with E-state index >= 15 is 0 Å². The minimum Gasteiger partial charge on any atom is -0.395 e. The van der Waals surface area contributed by atoms with E-state index in [4.69, 9.17) is 0 Å². The molecule has 0 bridgehead atoms. The summed E-state index contributed by atoms with van der Waals surface area (Å²) in [5.74, 6) is -1.40. The molecule has 4 heteroatoms. The smallest absolute Gasteiger partial charge is 0.234 e. The molecule has 1 amide bonds. The van der Waals surface area contributed by atoms with Crippen LogP contribution in [0.4, 0.5) is 10.1 Å². The van der Waals surface area contributed by atoms with Crippen molar-refractivity contribution in [3.63, 3.8) is 0 Å². The van der Waals surface area contributed by atoms with Gasteiger partial charge in [0.05, 0.1) is 12.5 Å². The second kappa shape index (κ2) is 6.11. The fourth-order valence-corrected chi connectivity index (χ4v) is 1.79. The number of rotatable bonds is 4. The number of nitrogens with one attached hydrogen (secondary N) is 1. The Morgan fingerprint density at radius 2 is 1.74 bits per heavy atom. The highest BCUT2D eigenvalue weighted by atomic mass is 19.1. The summed E-state index contributed by atoms with van der Waals surface area (Å²) in [4.78, 5) is 12.1. The molecule has 0 aliphatic heterocycles. The maximum absolute atomic E-state index is 12.8. The first kappa shape index (κ1) is 13.2. The summed E-state index contributed by atoms with van der Waals surface area (Å²) in [6, 6.07) is 14.5. The van der Waals surface area contributed by atoms with Crippen LogP contribution in [0.1, 0.15) is 11.5 Å². The maximum atomic E-state index is 12.8. The zero-order valence-corrected chi connectivity index (χ0v) is 10.2. The number of carbonyl (C=O) groups is 1. The maximum Gasteiger partial charge on any atom is 0.234 e. The van der Waals surface area contributed by atoms with Crippen molar-refractivity contribution >= 4 is 11.6 Å². The minimum absolute atomic E-state index is 0.319. The third-order valence-electron chi connectivity index (χ3n) is 2.81. The van der Waals surface area contributed by atoms with Crippen molar-refractivity contribution in [3.05, 3.63) is 66.0 Å². The van der Waals surface area contributed by atoms with E-state index in [9.17, 15) is 14.3 Å². The van der Waals surface area contributed by atoms with Gasteiger partial charge < -0.3 is 10.4 Å². The number of para-hydroxylation sites is 1. The zero-order chi connectivity index (χ0) is 13.7. The highest BCUT2D eigenvalue weighted by Gasteiger charge is 2.19. The van der Waals surface area contributed by atoms with Crippen molar-refractivity contribution < 1.29 is 14.3 Å². The molecule has 0 saturated heterocycles. The topological polar surface area (TPSA) is 49.3 Å². The zero-order valence-electron chi connectivity index (χ0n) is 10.2. The third-order valence-corrected chi connectivity index (χ3v) is 2.81. The molecule has 0 heterocycles. The quantitative estimate of drug-likeness (QED) is 0.886. The van der Waals surface area contributed by atoms with Gasteiger partial charge in [-0.3, -0.25) is 4.79 Å². The molecule has 19 heavy (non-hydrogen) atoms. The average molecular weight is 259 g/mol. The summed E-state index contributed by atoms with van der Waals surface area (Å²) in [5.41, 5.74) is 1.24. The van der Waals surface area contributed by atoms with Crippen LogP contribution in [-0.4, -0.2) is 17.6 Å². The van der Waals surface area contributed by atoms with Gasteiger partial charge in [-0.15, -0.1) is 0 Å². The van der Waals surface area contributed by atoms with Gasteiger partial charge in [-0.2, -0.15) is 0 Å². The molecular formula is C15H14FNO2. The lowest BCUT2D eigenvalue weighted by atomic mass is 9.99. The van der Waals surface area contributed by atoms with E-state index in [0.717, 1.165) is 0 Å². The lowest BCUT2D eigenvalue weighted by molar-refractivity contribution is -0.118. The molecule has 2 aromatic rings. The average Bonchev–Trinajstić information content (AvgIpc) is 2.43. The first-order chi connectivity index (χ1) is 9.20. The van der Waals surface area contributed by atoms with Gasteiger partial charge in [0.15, 0.2) is 0 Å². The number of anilines is 1. The van der Waals surface area contributed by atoms with Crippen LogP contribution in [0.15, 0.2) is 54.6 Å². The van der Waals surface area contributed by atoms with Crippen LogP contribution in [0.3, 0.4) is 0 Å². The van der Waals surface area contributed by atoms with Crippen LogP contribution in [-0.2, 0) is 4.79 Å². The molecule has 0 fully saturated rings. The summed E-state index contributed by atoms with van der Waals surface area (Å²) in [7, 11) is 0. The van der Waals surface area contributed by atoms with Crippen LogP contribution in [0.5, 0.6) is 0 Å². The summed E-state index contributed by atoms with van der Waals surface area (Å²) in [5, 5.41) is 12.1. The van der Waals surface area contributed by atoms with Crippen LogP contribution in [0, 0.1) is 5.82 Å². The summed E-state index contributed by atoms with van der Waals surface area (Å²) in [6.45, 7) is -0.329. The number of hydrogen-bond acceptors (Lipinski definition) is 2. The molecule has 1 unspecified atom stereocenters. The molecule has 0 aliphatic rings. The third kappa shape index (κ3) is 3.39. The predicted octanol–water partition coefficient (Wildman–Crippen LogP) is 2.54. The number of amides is 1. The summed E-state index contributed by atoms with van der Waals surface area (Å²) in [6.07, 6.45) is 0. The first-order valence-electron chi connectivity index (χ1n) is 5.93. The Morgan fingerprint density at radius 3 is 2.32 bits per heavy atom. The van der Waals surface area contributed by atoms with Gasteiger partial charge in [0.2, 0.25) is 5.91 Å². The fourth-order valence-electron chi connectivity index (χ4n) is 1.79. The number of benzene rings is 2. The van der Waals surface area contributed by atoms with Crippen LogP contribution < -0.4 is 5.32 Å². The number of hydrogen-bond donors (Lipinski definition) is 2. The predicted molar refractivity (Wildman–Crippen MR) is 71.3 cm³/mol. The standard InChI is InChI=1S/C15H14FNO2/c16-12-8-6-11(7-9-12)14(10-18)15(19)17-13-4-2-1-3-5-13/h1-9,14,18H,10H2,(H,17,19). The van der Waals surface area contributed by atoms with E-state index in [1.165, 1.54) is 24.3 Å². The Labute approximate surface area is 110 Å².